The third kappa shape index (κ3) is 5.00. The largest absolute Gasteiger partial charge is 0.323 e. The van der Waals surface area contributed by atoms with Crippen LogP contribution in [0.3, 0.4) is 0 Å². The van der Waals surface area contributed by atoms with Gasteiger partial charge in [0.05, 0.1) is 0 Å². The molecule has 0 aliphatic carbocycles. The minimum Gasteiger partial charge on any atom is -0.323 e. The van der Waals surface area contributed by atoms with Gasteiger partial charge in [0.15, 0.2) is 0 Å². The maximum Gasteiger partial charge on any atom is 0.0452 e. The summed E-state index contributed by atoms with van der Waals surface area (Å²) < 4.78 is 9.06. The van der Waals surface area contributed by atoms with E-state index in [-0.39, 0.29) is 0 Å². The molecule has 8 rings (SSSR count). The number of aromatic nitrogens is 4. The van der Waals surface area contributed by atoms with Crippen molar-refractivity contribution in [1.82, 2.24) is 18.3 Å². The molecule has 0 unspecified atom stereocenters. The Balaban J connectivity index is 1.35. The van der Waals surface area contributed by atoms with Crippen LogP contribution in [0, 0.1) is 13.8 Å². The van der Waals surface area contributed by atoms with Gasteiger partial charge in [-0.25, -0.2) is 0 Å². The second-order valence-electron chi connectivity index (χ2n) is 11.8. The molecule has 0 aliphatic heterocycles. The van der Waals surface area contributed by atoms with E-state index in [0.29, 0.717) is 0 Å². The molecule has 0 saturated carbocycles. The van der Waals surface area contributed by atoms with E-state index in [1.54, 1.807) is 0 Å². The first-order valence-electron chi connectivity index (χ1n) is 15.7. The van der Waals surface area contributed by atoms with Crippen LogP contribution in [0.4, 0.5) is 0 Å². The number of hydrogen-bond acceptors (Lipinski definition) is 0. The van der Waals surface area contributed by atoms with Crippen molar-refractivity contribution >= 4 is 0 Å². The van der Waals surface area contributed by atoms with E-state index < -0.39 is 0 Å². The Morgan fingerprint density at radius 2 is 0.630 bits per heavy atom. The Labute approximate surface area is 269 Å². The molecule has 0 spiro atoms. The SMILES string of the molecule is Cc1cc(-c2cn(-c3ccccc3)cc2-c2cn(-c3ccccc3)cc2-c2cc(C)n(-c3ccccc3)c2)cn1-c1ccccc1. The van der Waals surface area contributed by atoms with Crippen molar-refractivity contribution in [3.05, 3.63) is 182 Å². The Bertz CT molecular complexity index is 2080. The van der Waals surface area contributed by atoms with Crippen LogP contribution in [-0.2, 0) is 0 Å². The number of nitrogens with zero attached hydrogens (tertiary/aromatic N) is 4. The van der Waals surface area contributed by atoms with E-state index in [9.17, 15) is 0 Å². The average molecular weight is 595 g/mol. The van der Waals surface area contributed by atoms with Gasteiger partial charge in [-0.05, 0) is 74.5 Å². The summed E-state index contributed by atoms with van der Waals surface area (Å²) in [5.41, 5.74) is 14.1. The molecule has 0 amide bonds. The molecule has 4 heteroatoms. The van der Waals surface area contributed by atoms with Crippen molar-refractivity contribution in [2.45, 2.75) is 13.8 Å². The van der Waals surface area contributed by atoms with Gasteiger partial charge in [-0.1, -0.05) is 72.8 Å². The van der Waals surface area contributed by atoms with Gasteiger partial charge in [0.25, 0.3) is 0 Å². The van der Waals surface area contributed by atoms with Crippen LogP contribution in [0.15, 0.2) is 171 Å². The van der Waals surface area contributed by atoms with Crippen molar-refractivity contribution < 1.29 is 0 Å². The van der Waals surface area contributed by atoms with Gasteiger partial charge < -0.3 is 18.3 Å². The molecule has 0 saturated heterocycles. The maximum atomic E-state index is 2.30. The van der Waals surface area contributed by atoms with Gasteiger partial charge in [-0.2, -0.15) is 0 Å². The van der Waals surface area contributed by atoms with Crippen LogP contribution in [0.1, 0.15) is 11.4 Å². The molecule has 8 aromatic rings. The van der Waals surface area contributed by atoms with Gasteiger partial charge in [0.2, 0.25) is 0 Å². The monoisotopic (exact) mass is 594 g/mol. The second-order valence-corrected chi connectivity index (χ2v) is 11.8. The quantitative estimate of drug-likeness (QED) is 0.175. The zero-order valence-electron chi connectivity index (χ0n) is 26.0. The van der Waals surface area contributed by atoms with E-state index in [2.05, 4.69) is 203 Å². The van der Waals surface area contributed by atoms with Crippen LogP contribution >= 0.6 is 0 Å². The highest BCUT2D eigenvalue weighted by molar-refractivity contribution is 5.92. The van der Waals surface area contributed by atoms with Crippen LogP contribution in [0.25, 0.3) is 56.1 Å². The van der Waals surface area contributed by atoms with Crippen molar-refractivity contribution in [1.29, 1.82) is 0 Å². The summed E-state index contributed by atoms with van der Waals surface area (Å²) in [4.78, 5) is 0. The van der Waals surface area contributed by atoms with Crippen LogP contribution < -0.4 is 0 Å². The Morgan fingerprint density at radius 3 is 0.978 bits per heavy atom. The predicted octanol–water partition coefficient (Wildman–Crippen LogP) is 10.5. The van der Waals surface area contributed by atoms with Crippen LogP contribution in [-0.4, -0.2) is 18.3 Å². The standard InChI is InChI=1S/C42H34N4/c1-31-23-33(25-45(31)37-19-11-5-12-20-37)39-27-43(35-15-7-3-8-16-35)29-41(39)42-30-44(36-17-9-4-10-18-36)28-40(42)34-24-32(2)46(26-34)38-21-13-6-14-22-38/h3-30H,1-2H3. The molecule has 0 aliphatic rings. The Morgan fingerprint density at radius 1 is 0.326 bits per heavy atom. The number of aryl methyl sites for hydroxylation is 2. The Kier molecular flexibility index (Phi) is 6.88. The molecule has 0 radical (unpaired) electrons. The summed E-state index contributed by atoms with van der Waals surface area (Å²) in [5, 5.41) is 0. The normalized spacial score (nSPS) is 11.3. The average Bonchev–Trinajstić information content (AvgIpc) is 3.91. The van der Waals surface area contributed by atoms with E-state index in [4.69, 9.17) is 0 Å². The smallest absolute Gasteiger partial charge is 0.0452 e. The lowest BCUT2D eigenvalue weighted by molar-refractivity contribution is 1.02. The number of rotatable bonds is 7. The van der Waals surface area contributed by atoms with Gasteiger partial charge in [0, 0.05) is 105 Å². The molecule has 46 heavy (non-hydrogen) atoms. The van der Waals surface area contributed by atoms with E-state index in [0.717, 1.165) is 22.7 Å². The molecule has 4 aromatic heterocycles. The van der Waals surface area contributed by atoms with Gasteiger partial charge in [0.1, 0.15) is 0 Å². The minimum absolute atomic E-state index is 1.13. The molecular formula is C42H34N4. The summed E-state index contributed by atoms with van der Waals surface area (Å²) in [7, 11) is 0. The van der Waals surface area contributed by atoms with Crippen LogP contribution in [0.2, 0.25) is 0 Å². The van der Waals surface area contributed by atoms with Crippen molar-refractivity contribution in [2.75, 3.05) is 0 Å². The van der Waals surface area contributed by atoms with Crippen molar-refractivity contribution in [3.63, 3.8) is 0 Å². The van der Waals surface area contributed by atoms with Gasteiger partial charge in [-0.3, -0.25) is 0 Å². The van der Waals surface area contributed by atoms with Gasteiger partial charge in [-0.15, -0.1) is 0 Å². The fourth-order valence-corrected chi connectivity index (χ4v) is 6.47. The fraction of sp³-hybridized carbons (Fsp3) is 0.0476. The van der Waals surface area contributed by atoms with Crippen molar-refractivity contribution in [2.24, 2.45) is 0 Å². The van der Waals surface area contributed by atoms with E-state index in [1.165, 1.54) is 44.8 Å². The molecule has 0 atom stereocenters. The lowest BCUT2D eigenvalue weighted by atomic mass is 9.97. The first kappa shape index (κ1) is 27.5. The summed E-state index contributed by atoms with van der Waals surface area (Å²) in [6.45, 7) is 4.35. The molecule has 0 bridgehead atoms. The summed E-state index contributed by atoms with van der Waals surface area (Å²) >= 11 is 0. The number of hydrogen-bond donors (Lipinski definition) is 0. The highest BCUT2D eigenvalue weighted by Gasteiger charge is 2.21. The highest BCUT2D eigenvalue weighted by Crippen LogP contribution is 2.42. The molecule has 0 fully saturated rings. The number of benzene rings is 4. The minimum atomic E-state index is 1.13. The third-order valence-corrected chi connectivity index (χ3v) is 8.77. The lowest BCUT2D eigenvalue weighted by Crippen LogP contribution is -1.93. The van der Waals surface area contributed by atoms with E-state index >= 15 is 0 Å². The first-order chi connectivity index (χ1) is 22.6. The molecule has 4 nitrogen and oxygen atoms in total. The maximum absolute atomic E-state index is 2.30. The molecule has 222 valence electrons. The predicted molar refractivity (Wildman–Crippen MR) is 190 cm³/mol. The summed E-state index contributed by atoms with van der Waals surface area (Å²) in [6.07, 6.45) is 13.7. The molecule has 0 N–H and O–H groups in total. The third-order valence-electron chi connectivity index (χ3n) is 8.77. The first-order valence-corrected chi connectivity index (χ1v) is 15.7. The second kappa shape index (κ2) is 11.5. The van der Waals surface area contributed by atoms with Crippen molar-refractivity contribution in [3.8, 4) is 56.1 Å². The lowest BCUT2D eigenvalue weighted by Gasteiger charge is -2.06. The fourth-order valence-electron chi connectivity index (χ4n) is 6.47. The summed E-state index contributed by atoms with van der Waals surface area (Å²) in [6, 6.07) is 46.9. The Hall–Kier alpha value is -6.00. The summed E-state index contributed by atoms with van der Waals surface area (Å²) in [5.74, 6) is 0. The highest BCUT2D eigenvalue weighted by atomic mass is 15.0. The molecular weight excluding hydrogens is 560 g/mol. The molecule has 4 aromatic carbocycles. The topological polar surface area (TPSA) is 19.7 Å². The molecule has 4 heterocycles. The number of para-hydroxylation sites is 4. The van der Waals surface area contributed by atoms with Crippen LogP contribution in [0.5, 0.6) is 0 Å². The zero-order chi connectivity index (χ0) is 31.0. The van der Waals surface area contributed by atoms with E-state index in [1.807, 2.05) is 0 Å². The van der Waals surface area contributed by atoms with Gasteiger partial charge >= 0.3 is 0 Å². The zero-order valence-corrected chi connectivity index (χ0v) is 26.0.